The van der Waals surface area contributed by atoms with Gasteiger partial charge < -0.3 is 10.2 Å². The van der Waals surface area contributed by atoms with E-state index in [1.54, 1.807) is 6.07 Å². The quantitative estimate of drug-likeness (QED) is 0.904. The summed E-state index contributed by atoms with van der Waals surface area (Å²) in [4.78, 5) is 13.9. The van der Waals surface area contributed by atoms with Gasteiger partial charge in [-0.2, -0.15) is 0 Å². The molecule has 1 N–H and O–H groups in total. The smallest absolute Gasteiger partial charge is 0.223 e. The van der Waals surface area contributed by atoms with Gasteiger partial charge >= 0.3 is 0 Å². The number of hydrogen-bond acceptors (Lipinski definition) is 2. The van der Waals surface area contributed by atoms with Crippen molar-refractivity contribution in [1.82, 2.24) is 10.2 Å². The fourth-order valence-electron chi connectivity index (χ4n) is 3.35. The van der Waals surface area contributed by atoms with Gasteiger partial charge in [-0.1, -0.05) is 18.2 Å². The lowest BCUT2D eigenvalue weighted by atomic mass is 9.75. The summed E-state index contributed by atoms with van der Waals surface area (Å²) in [6.07, 6.45) is 4.82. The van der Waals surface area contributed by atoms with E-state index in [-0.39, 0.29) is 11.7 Å². The summed E-state index contributed by atoms with van der Waals surface area (Å²) in [5.74, 6) is 0.508. The lowest BCUT2D eigenvalue weighted by Crippen LogP contribution is -2.42. The third-order valence-electron chi connectivity index (χ3n) is 4.71. The zero-order chi connectivity index (χ0) is 14.7. The molecule has 1 saturated carbocycles. The molecule has 21 heavy (non-hydrogen) atoms. The Morgan fingerprint density at radius 1 is 1.24 bits per heavy atom. The second-order valence-electron chi connectivity index (χ2n) is 6.18. The van der Waals surface area contributed by atoms with Gasteiger partial charge in [-0.25, -0.2) is 4.39 Å². The van der Waals surface area contributed by atoms with Gasteiger partial charge in [0.15, 0.2) is 0 Å². The molecule has 1 aliphatic carbocycles. The van der Waals surface area contributed by atoms with Crippen molar-refractivity contribution in [3.63, 3.8) is 0 Å². The fraction of sp³-hybridized carbons (Fsp3) is 0.588. The summed E-state index contributed by atoms with van der Waals surface area (Å²) in [5.41, 5.74) is 0.837. The van der Waals surface area contributed by atoms with Crippen molar-refractivity contribution in [1.29, 1.82) is 0 Å². The van der Waals surface area contributed by atoms with E-state index in [9.17, 15) is 9.18 Å². The summed E-state index contributed by atoms with van der Waals surface area (Å²) in [5, 5.41) is 3.42. The highest BCUT2D eigenvalue weighted by Crippen LogP contribution is 2.37. The Morgan fingerprint density at radius 2 is 1.95 bits per heavy atom. The molecule has 3 nitrogen and oxygen atoms in total. The van der Waals surface area contributed by atoms with E-state index < -0.39 is 0 Å². The minimum absolute atomic E-state index is 0.0924. The Labute approximate surface area is 125 Å². The molecular weight excluding hydrogens is 267 g/mol. The van der Waals surface area contributed by atoms with Crippen molar-refractivity contribution in [2.45, 2.75) is 44.1 Å². The second-order valence-corrected chi connectivity index (χ2v) is 6.18. The predicted molar refractivity (Wildman–Crippen MR) is 80.6 cm³/mol. The fourth-order valence-corrected chi connectivity index (χ4v) is 3.35. The maximum atomic E-state index is 13.6. The molecule has 2 fully saturated rings. The normalized spacial score (nSPS) is 24.9. The highest BCUT2D eigenvalue weighted by molar-refractivity contribution is 5.76. The number of amides is 1. The third-order valence-corrected chi connectivity index (χ3v) is 4.71. The van der Waals surface area contributed by atoms with Crippen LogP contribution >= 0.6 is 0 Å². The third kappa shape index (κ3) is 3.43. The molecule has 0 radical (unpaired) electrons. The first-order valence-corrected chi connectivity index (χ1v) is 7.99. The summed E-state index contributed by atoms with van der Waals surface area (Å²) >= 11 is 0. The van der Waals surface area contributed by atoms with Crippen LogP contribution in [0.2, 0.25) is 0 Å². The van der Waals surface area contributed by atoms with Gasteiger partial charge in [0.05, 0.1) is 0 Å². The number of carbonyl (C=O) groups excluding carboxylic acids is 1. The van der Waals surface area contributed by atoms with Gasteiger partial charge in [-0.05, 0) is 43.2 Å². The number of rotatable bonds is 5. The minimum atomic E-state index is -0.0924. The first kappa shape index (κ1) is 14.5. The lowest BCUT2D eigenvalue weighted by molar-refractivity contribution is -0.130. The maximum absolute atomic E-state index is 13.6. The number of nitrogens with zero attached hydrogens (tertiary/aromatic N) is 1. The molecule has 0 aromatic heterocycles. The van der Waals surface area contributed by atoms with Crippen LogP contribution in [0.25, 0.3) is 0 Å². The molecule has 1 amide bonds. The van der Waals surface area contributed by atoms with E-state index in [1.807, 2.05) is 17.0 Å². The van der Waals surface area contributed by atoms with E-state index in [0.717, 1.165) is 50.9 Å². The van der Waals surface area contributed by atoms with Crippen LogP contribution in [0.4, 0.5) is 4.39 Å². The Balaban J connectivity index is 1.36. The molecule has 0 bridgehead atoms. The zero-order valence-corrected chi connectivity index (χ0v) is 12.4. The number of hydrogen-bond donors (Lipinski definition) is 1. The molecule has 1 saturated heterocycles. The van der Waals surface area contributed by atoms with Crippen molar-refractivity contribution in [2.24, 2.45) is 0 Å². The molecular formula is C17H23FN2O. The van der Waals surface area contributed by atoms with Crippen molar-refractivity contribution in [2.75, 3.05) is 19.6 Å². The van der Waals surface area contributed by atoms with Crippen molar-refractivity contribution in [3.8, 4) is 0 Å². The Kier molecular flexibility index (Phi) is 4.54. The van der Waals surface area contributed by atoms with Crippen LogP contribution in [0.1, 0.15) is 43.6 Å². The van der Waals surface area contributed by atoms with Gasteiger partial charge in [-0.3, -0.25) is 4.79 Å². The highest BCUT2D eigenvalue weighted by atomic mass is 19.1. The molecule has 1 heterocycles. The van der Waals surface area contributed by atoms with E-state index in [0.29, 0.717) is 18.4 Å². The largest absolute Gasteiger partial charge is 0.343 e. The van der Waals surface area contributed by atoms with Crippen LogP contribution < -0.4 is 5.32 Å². The lowest BCUT2D eigenvalue weighted by Gasteiger charge is -2.36. The average Bonchev–Trinajstić information content (AvgIpc) is 2.96. The topological polar surface area (TPSA) is 32.3 Å². The van der Waals surface area contributed by atoms with Gasteiger partial charge in [0.25, 0.3) is 0 Å². The average molecular weight is 290 g/mol. The zero-order valence-electron chi connectivity index (χ0n) is 12.4. The van der Waals surface area contributed by atoms with E-state index in [1.165, 1.54) is 6.07 Å². The predicted octanol–water partition coefficient (Wildman–Crippen LogP) is 2.67. The Hall–Kier alpha value is -1.42. The van der Waals surface area contributed by atoms with Crippen LogP contribution in [0.3, 0.4) is 0 Å². The molecule has 0 atom stereocenters. The Bertz CT molecular complexity index is 493. The molecule has 0 spiro atoms. The van der Waals surface area contributed by atoms with Gasteiger partial charge in [0, 0.05) is 32.1 Å². The first-order valence-electron chi connectivity index (χ1n) is 7.99. The van der Waals surface area contributed by atoms with Gasteiger partial charge in [-0.15, -0.1) is 0 Å². The molecule has 4 heteroatoms. The first-order chi connectivity index (χ1) is 10.2. The number of benzene rings is 1. The SMILES string of the molecule is O=C(CCNC1CC(c2ccccc2F)C1)N1CCCC1. The van der Waals surface area contributed by atoms with Crippen molar-refractivity contribution < 1.29 is 9.18 Å². The van der Waals surface area contributed by atoms with E-state index >= 15 is 0 Å². The van der Waals surface area contributed by atoms with Crippen LogP contribution in [0.5, 0.6) is 0 Å². The van der Waals surface area contributed by atoms with Crippen LogP contribution in [-0.2, 0) is 4.79 Å². The summed E-state index contributed by atoms with van der Waals surface area (Å²) in [7, 11) is 0. The number of carbonyl (C=O) groups is 1. The molecule has 3 rings (SSSR count). The van der Waals surface area contributed by atoms with Crippen LogP contribution in [-0.4, -0.2) is 36.5 Å². The van der Waals surface area contributed by atoms with E-state index in [4.69, 9.17) is 0 Å². The standard InChI is InChI=1S/C17H23FN2O/c18-16-6-2-1-5-15(16)13-11-14(12-13)19-8-7-17(21)20-9-3-4-10-20/h1-2,5-6,13-14,19H,3-4,7-12H2. The Morgan fingerprint density at radius 3 is 2.67 bits per heavy atom. The minimum Gasteiger partial charge on any atom is -0.343 e. The molecule has 2 aliphatic rings. The van der Waals surface area contributed by atoms with Crippen LogP contribution in [0.15, 0.2) is 24.3 Å². The molecule has 0 unspecified atom stereocenters. The van der Waals surface area contributed by atoms with Crippen LogP contribution in [0, 0.1) is 5.82 Å². The number of likely N-dealkylation sites (tertiary alicyclic amines) is 1. The summed E-state index contributed by atoms with van der Waals surface area (Å²) < 4.78 is 13.6. The number of nitrogens with one attached hydrogen (secondary N) is 1. The van der Waals surface area contributed by atoms with Gasteiger partial charge in [0.1, 0.15) is 5.82 Å². The molecule has 1 aromatic rings. The van der Waals surface area contributed by atoms with Crippen molar-refractivity contribution in [3.05, 3.63) is 35.6 Å². The summed E-state index contributed by atoms with van der Waals surface area (Å²) in [6, 6.07) is 7.48. The maximum Gasteiger partial charge on any atom is 0.223 e. The molecule has 1 aromatic carbocycles. The van der Waals surface area contributed by atoms with Gasteiger partial charge in [0.2, 0.25) is 5.91 Å². The molecule has 1 aliphatic heterocycles. The summed E-state index contributed by atoms with van der Waals surface area (Å²) in [6.45, 7) is 2.60. The van der Waals surface area contributed by atoms with E-state index in [2.05, 4.69) is 5.32 Å². The van der Waals surface area contributed by atoms with Crippen molar-refractivity contribution >= 4 is 5.91 Å². The molecule has 114 valence electrons. The second kappa shape index (κ2) is 6.56. The monoisotopic (exact) mass is 290 g/mol. The number of halogens is 1. The highest BCUT2D eigenvalue weighted by Gasteiger charge is 2.31.